The number of carbonyl (C=O) groups excluding carboxylic acids is 1. The van der Waals surface area contributed by atoms with Gasteiger partial charge in [0.1, 0.15) is 0 Å². The van der Waals surface area contributed by atoms with Crippen LogP contribution in [0.4, 0.5) is 0 Å². The van der Waals surface area contributed by atoms with Gasteiger partial charge in [-0.25, -0.2) is 8.42 Å². The van der Waals surface area contributed by atoms with Crippen LogP contribution in [-0.4, -0.2) is 31.7 Å². The number of carbonyl (C=O) groups is 1. The first-order valence-electron chi connectivity index (χ1n) is 7.73. The summed E-state index contributed by atoms with van der Waals surface area (Å²) in [6.07, 6.45) is 1.98. The number of sulfonamides is 1. The number of nitrogens with zero attached hydrogens (tertiary/aromatic N) is 1. The Bertz CT molecular complexity index is 714. The largest absolute Gasteiger partial charge is 0.341 e. The van der Waals surface area contributed by atoms with Gasteiger partial charge in [0.05, 0.1) is 4.90 Å². The Kier molecular flexibility index (Phi) is 5.80. The molecule has 1 aliphatic heterocycles. The van der Waals surface area contributed by atoms with E-state index in [1.807, 2.05) is 0 Å². The molecule has 1 aromatic carbocycles. The standard InChI is InChI=1S/C17H22N2O3S/c1-3-5-17(20)18-12-15-7-9-16(10-8-15)23(21,22)19-11-4-6-14(2)13-19/h7-10,14H,4,6,11-13H2,1-2H3,(H,18,20)/t14-/m1/s1. The Hall–Kier alpha value is -1.84. The molecule has 124 valence electrons. The van der Waals surface area contributed by atoms with Gasteiger partial charge in [-0.05, 0) is 49.3 Å². The van der Waals surface area contributed by atoms with E-state index in [0.717, 1.165) is 18.4 Å². The lowest BCUT2D eigenvalue weighted by molar-refractivity contribution is -0.115. The van der Waals surface area contributed by atoms with E-state index < -0.39 is 10.0 Å². The van der Waals surface area contributed by atoms with E-state index in [2.05, 4.69) is 24.1 Å². The molecule has 1 N–H and O–H groups in total. The molecular weight excluding hydrogens is 312 g/mol. The molecule has 5 nitrogen and oxygen atoms in total. The molecule has 1 fully saturated rings. The lowest BCUT2D eigenvalue weighted by Crippen LogP contribution is -2.39. The van der Waals surface area contributed by atoms with E-state index in [9.17, 15) is 13.2 Å². The average Bonchev–Trinajstić information content (AvgIpc) is 2.53. The topological polar surface area (TPSA) is 66.5 Å². The number of benzene rings is 1. The minimum absolute atomic E-state index is 0.301. The molecule has 0 unspecified atom stereocenters. The van der Waals surface area contributed by atoms with Crippen molar-refractivity contribution in [2.75, 3.05) is 13.1 Å². The van der Waals surface area contributed by atoms with E-state index in [-0.39, 0.29) is 5.91 Å². The van der Waals surface area contributed by atoms with Crippen LogP contribution in [0.15, 0.2) is 29.2 Å². The molecule has 0 spiro atoms. The zero-order valence-corrected chi connectivity index (χ0v) is 14.3. The highest BCUT2D eigenvalue weighted by Gasteiger charge is 2.28. The first kappa shape index (κ1) is 17.5. The van der Waals surface area contributed by atoms with Crippen molar-refractivity contribution in [3.8, 4) is 11.8 Å². The fraction of sp³-hybridized carbons (Fsp3) is 0.471. The summed E-state index contributed by atoms with van der Waals surface area (Å²) in [5.41, 5.74) is 0.835. The Labute approximate surface area is 138 Å². The Morgan fingerprint density at radius 3 is 2.65 bits per heavy atom. The van der Waals surface area contributed by atoms with Crippen LogP contribution in [0.5, 0.6) is 0 Å². The van der Waals surface area contributed by atoms with Crippen LogP contribution in [-0.2, 0) is 21.4 Å². The molecule has 23 heavy (non-hydrogen) atoms. The van der Waals surface area contributed by atoms with E-state index in [1.165, 1.54) is 0 Å². The maximum Gasteiger partial charge on any atom is 0.296 e. The molecule has 1 amide bonds. The lowest BCUT2D eigenvalue weighted by Gasteiger charge is -2.30. The number of nitrogens with one attached hydrogen (secondary N) is 1. The smallest absolute Gasteiger partial charge is 0.296 e. The maximum absolute atomic E-state index is 12.6. The van der Waals surface area contributed by atoms with Gasteiger partial charge in [0.25, 0.3) is 5.91 Å². The third-order valence-electron chi connectivity index (χ3n) is 3.87. The minimum Gasteiger partial charge on any atom is -0.341 e. The maximum atomic E-state index is 12.6. The molecule has 2 rings (SSSR count). The first-order valence-corrected chi connectivity index (χ1v) is 9.17. The first-order chi connectivity index (χ1) is 10.9. The number of hydrogen-bond donors (Lipinski definition) is 1. The van der Waals surface area contributed by atoms with Crippen molar-refractivity contribution in [3.05, 3.63) is 29.8 Å². The molecule has 0 saturated carbocycles. The molecule has 0 aliphatic carbocycles. The van der Waals surface area contributed by atoms with Gasteiger partial charge in [-0.2, -0.15) is 4.31 Å². The number of amides is 1. The summed E-state index contributed by atoms with van der Waals surface area (Å²) in [6.45, 7) is 5.16. The molecule has 1 aliphatic rings. The molecular formula is C17H22N2O3S. The van der Waals surface area contributed by atoms with Crippen molar-refractivity contribution >= 4 is 15.9 Å². The van der Waals surface area contributed by atoms with Gasteiger partial charge < -0.3 is 5.32 Å². The van der Waals surface area contributed by atoms with Crippen LogP contribution in [0.3, 0.4) is 0 Å². The summed E-state index contributed by atoms with van der Waals surface area (Å²) in [6, 6.07) is 6.64. The second kappa shape index (κ2) is 7.62. The third kappa shape index (κ3) is 4.57. The average molecular weight is 334 g/mol. The summed E-state index contributed by atoms with van der Waals surface area (Å²) in [4.78, 5) is 11.6. The number of piperidine rings is 1. The predicted octanol–water partition coefficient (Wildman–Crippen LogP) is 1.75. The summed E-state index contributed by atoms with van der Waals surface area (Å²) in [7, 11) is -3.43. The molecule has 0 aromatic heterocycles. The highest BCUT2D eigenvalue weighted by molar-refractivity contribution is 7.89. The van der Waals surface area contributed by atoms with Crippen LogP contribution >= 0.6 is 0 Å². The van der Waals surface area contributed by atoms with Crippen molar-refractivity contribution in [2.24, 2.45) is 5.92 Å². The fourth-order valence-electron chi connectivity index (χ4n) is 2.63. The summed E-state index contributed by atoms with van der Waals surface area (Å²) < 4.78 is 26.8. The van der Waals surface area contributed by atoms with E-state index in [1.54, 1.807) is 35.5 Å². The van der Waals surface area contributed by atoms with E-state index >= 15 is 0 Å². The van der Waals surface area contributed by atoms with E-state index in [0.29, 0.717) is 30.4 Å². The van der Waals surface area contributed by atoms with Gasteiger partial charge in [0.2, 0.25) is 10.0 Å². The van der Waals surface area contributed by atoms with Crippen molar-refractivity contribution in [1.29, 1.82) is 0 Å². The molecule has 1 heterocycles. The Morgan fingerprint density at radius 1 is 1.35 bits per heavy atom. The molecule has 1 aromatic rings. The normalized spacial score (nSPS) is 18.8. The van der Waals surface area contributed by atoms with Crippen molar-refractivity contribution < 1.29 is 13.2 Å². The van der Waals surface area contributed by atoms with Crippen LogP contribution in [0.25, 0.3) is 0 Å². The summed E-state index contributed by atoms with van der Waals surface area (Å²) in [5.74, 6) is 4.98. The Morgan fingerprint density at radius 2 is 2.04 bits per heavy atom. The van der Waals surface area contributed by atoms with Crippen LogP contribution in [0.1, 0.15) is 32.3 Å². The van der Waals surface area contributed by atoms with Crippen molar-refractivity contribution in [3.63, 3.8) is 0 Å². The fourth-order valence-corrected chi connectivity index (χ4v) is 4.23. The van der Waals surface area contributed by atoms with E-state index in [4.69, 9.17) is 0 Å². The SMILES string of the molecule is CC#CC(=O)NCc1ccc(S(=O)(=O)N2CCC[C@@H](C)C2)cc1. The summed E-state index contributed by atoms with van der Waals surface area (Å²) >= 11 is 0. The number of rotatable bonds is 4. The highest BCUT2D eigenvalue weighted by atomic mass is 32.2. The highest BCUT2D eigenvalue weighted by Crippen LogP contribution is 2.23. The van der Waals surface area contributed by atoms with Crippen LogP contribution < -0.4 is 5.32 Å². The van der Waals surface area contributed by atoms with Gasteiger partial charge >= 0.3 is 0 Å². The third-order valence-corrected chi connectivity index (χ3v) is 5.75. The van der Waals surface area contributed by atoms with Crippen molar-refractivity contribution in [2.45, 2.75) is 38.1 Å². The quantitative estimate of drug-likeness (QED) is 0.853. The molecule has 0 radical (unpaired) electrons. The second-order valence-corrected chi connectivity index (χ2v) is 7.75. The van der Waals surface area contributed by atoms with Crippen LogP contribution in [0, 0.1) is 17.8 Å². The molecule has 1 atom stereocenters. The lowest BCUT2D eigenvalue weighted by atomic mass is 10.0. The monoisotopic (exact) mass is 334 g/mol. The molecule has 0 bridgehead atoms. The second-order valence-electron chi connectivity index (χ2n) is 5.81. The van der Waals surface area contributed by atoms with Gasteiger partial charge in [-0.1, -0.05) is 25.0 Å². The van der Waals surface area contributed by atoms with Gasteiger partial charge in [0, 0.05) is 19.6 Å². The molecule has 6 heteroatoms. The Balaban J connectivity index is 2.05. The minimum atomic E-state index is -3.43. The van der Waals surface area contributed by atoms with Crippen LogP contribution in [0.2, 0.25) is 0 Å². The summed E-state index contributed by atoms with van der Waals surface area (Å²) in [5, 5.41) is 2.65. The number of hydrogen-bond acceptors (Lipinski definition) is 3. The van der Waals surface area contributed by atoms with Gasteiger partial charge in [-0.3, -0.25) is 4.79 Å². The zero-order chi connectivity index (χ0) is 16.9. The molecule has 1 saturated heterocycles. The van der Waals surface area contributed by atoms with Gasteiger partial charge in [0.15, 0.2) is 0 Å². The van der Waals surface area contributed by atoms with Gasteiger partial charge in [-0.15, -0.1) is 0 Å². The van der Waals surface area contributed by atoms with Crippen molar-refractivity contribution in [1.82, 2.24) is 9.62 Å². The zero-order valence-electron chi connectivity index (χ0n) is 13.5. The predicted molar refractivity (Wildman–Crippen MR) is 88.9 cm³/mol.